The molecule has 2 aliphatic rings. The van der Waals surface area contributed by atoms with Crippen LogP contribution in [0.4, 0.5) is 5.69 Å². The van der Waals surface area contributed by atoms with E-state index < -0.39 is 0 Å². The highest BCUT2D eigenvalue weighted by Crippen LogP contribution is 2.20. The summed E-state index contributed by atoms with van der Waals surface area (Å²) in [6, 6.07) is 11.5. The van der Waals surface area contributed by atoms with Gasteiger partial charge in [-0.15, -0.1) is 0 Å². The minimum Gasteiger partial charge on any atom is -0.371 e. The van der Waals surface area contributed by atoms with Gasteiger partial charge in [-0.05, 0) is 57.5 Å². The standard InChI is InChI=1S/C17H27N3/c1-19-10-7-15(14-19)13-18-16-8-11-20(12-9-16)17-5-3-2-4-6-17/h2-6,15-16,18H,7-14H2,1H3. The Morgan fingerprint density at radius 1 is 1.05 bits per heavy atom. The molecule has 3 rings (SSSR count). The lowest BCUT2D eigenvalue weighted by Gasteiger charge is -2.34. The maximum atomic E-state index is 3.80. The maximum Gasteiger partial charge on any atom is 0.0366 e. The molecule has 0 spiro atoms. The molecular formula is C17H27N3. The van der Waals surface area contributed by atoms with E-state index in [9.17, 15) is 0 Å². The number of nitrogens with zero attached hydrogens (tertiary/aromatic N) is 2. The zero-order valence-corrected chi connectivity index (χ0v) is 12.6. The molecule has 110 valence electrons. The lowest BCUT2D eigenvalue weighted by molar-refractivity contribution is 0.357. The Morgan fingerprint density at radius 2 is 1.80 bits per heavy atom. The van der Waals surface area contributed by atoms with Gasteiger partial charge in [-0.3, -0.25) is 0 Å². The lowest BCUT2D eigenvalue weighted by Crippen LogP contribution is -2.44. The SMILES string of the molecule is CN1CCC(CNC2CCN(c3ccccc3)CC2)C1. The summed E-state index contributed by atoms with van der Waals surface area (Å²) in [5.41, 5.74) is 1.38. The van der Waals surface area contributed by atoms with Gasteiger partial charge in [0.05, 0.1) is 0 Å². The first-order chi connectivity index (χ1) is 9.81. The van der Waals surface area contributed by atoms with Crippen molar-refractivity contribution in [3.05, 3.63) is 30.3 Å². The molecule has 1 N–H and O–H groups in total. The molecule has 20 heavy (non-hydrogen) atoms. The summed E-state index contributed by atoms with van der Waals surface area (Å²) >= 11 is 0. The van der Waals surface area contributed by atoms with Gasteiger partial charge in [-0.1, -0.05) is 18.2 Å². The number of hydrogen-bond donors (Lipinski definition) is 1. The molecule has 0 aliphatic carbocycles. The van der Waals surface area contributed by atoms with E-state index in [1.807, 2.05) is 0 Å². The number of hydrogen-bond acceptors (Lipinski definition) is 3. The molecule has 1 atom stereocenters. The molecule has 0 radical (unpaired) electrons. The third kappa shape index (κ3) is 3.53. The van der Waals surface area contributed by atoms with Gasteiger partial charge >= 0.3 is 0 Å². The Morgan fingerprint density at radius 3 is 2.45 bits per heavy atom. The number of anilines is 1. The summed E-state index contributed by atoms with van der Waals surface area (Å²) in [7, 11) is 2.23. The molecule has 1 aromatic carbocycles. The number of rotatable bonds is 4. The van der Waals surface area contributed by atoms with Crippen LogP contribution in [-0.4, -0.2) is 50.7 Å². The smallest absolute Gasteiger partial charge is 0.0366 e. The molecule has 0 saturated carbocycles. The van der Waals surface area contributed by atoms with Gasteiger partial charge < -0.3 is 15.1 Å². The van der Waals surface area contributed by atoms with Crippen LogP contribution in [0.2, 0.25) is 0 Å². The third-order valence-electron chi connectivity index (χ3n) is 4.80. The molecule has 2 heterocycles. The van der Waals surface area contributed by atoms with Crippen molar-refractivity contribution in [2.75, 3.05) is 44.7 Å². The summed E-state index contributed by atoms with van der Waals surface area (Å²) in [5, 5.41) is 3.80. The Balaban J connectivity index is 1.40. The van der Waals surface area contributed by atoms with E-state index in [1.54, 1.807) is 0 Å². The molecule has 0 aromatic heterocycles. The van der Waals surface area contributed by atoms with Gasteiger partial charge in [0.15, 0.2) is 0 Å². The van der Waals surface area contributed by atoms with Crippen molar-refractivity contribution in [3.63, 3.8) is 0 Å². The molecule has 0 bridgehead atoms. The number of piperidine rings is 1. The summed E-state index contributed by atoms with van der Waals surface area (Å²) in [6.45, 7) is 6.13. The van der Waals surface area contributed by atoms with Crippen molar-refractivity contribution < 1.29 is 0 Å². The minimum absolute atomic E-state index is 0.723. The molecule has 2 fully saturated rings. The fraction of sp³-hybridized carbons (Fsp3) is 0.647. The van der Waals surface area contributed by atoms with Crippen molar-refractivity contribution in [3.8, 4) is 0 Å². The zero-order chi connectivity index (χ0) is 13.8. The predicted octanol–water partition coefficient (Wildman–Crippen LogP) is 2.20. The summed E-state index contributed by atoms with van der Waals surface area (Å²) in [5.74, 6) is 0.868. The number of benzene rings is 1. The summed E-state index contributed by atoms with van der Waals surface area (Å²) < 4.78 is 0. The molecule has 3 nitrogen and oxygen atoms in total. The Bertz CT molecular complexity index is 398. The Kier molecular flexibility index (Phi) is 4.58. The quantitative estimate of drug-likeness (QED) is 0.907. The third-order valence-corrected chi connectivity index (χ3v) is 4.80. The monoisotopic (exact) mass is 273 g/mol. The number of nitrogens with one attached hydrogen (secondary N) is 1. The largest absolute Gasteiger partial charge is 0.371 e. The summed E-state index contributed by atoms with van der Waals surface area (Å²) in [6.07, 6.45) is 3.92. The van der Waals surface area contributed by atoms with E-state index in [0.717, 1.165) is 12.0 Å². The second-order valence-corrected chi connectivity index (χ2v) is 6.42. The molecule has 2 saturated heterocycles. The van der Waals surface area contributed by atoms with Gasteiger partial charge in [-0.2, -0.15) is 0 Å². The molecule has 2 aliphatic heterocycles. The van der Waals surface area contributed by atoms with E-state index in [0.29, 0.717) is 0 Å². The van der Waals surface area contributed by atoms with Gasteiger partial charge in [0.1, 0.15) is 0 Å². The van der Waals surface area contributed by atoms with E-state index in [4.69, 9.17) is 0 Å². The second kappa shape index (κ2) is 6.59. The Hall–Kier alpha value is -1.06. The van der Waals surface area contributed by atoms with Crippen LogP contribution in [0, 0.1) is 5.92 Å². The average Bonchev–Trinajstić information content (AvgIpc) is 2.92. The first kappa shape index (κ1) is 13.9. The van der Waals surface area contributed by atoms with Crippen molar-refractivity contribution in [2.24, 2.45) is 5.92 Å². The van der Waals surface area contributed by atoms with E-state index in [1.165, 1.54) is 57.7 Å². The first-order valence-electron chi connectivity index (χ1n) is 8.03. The fourth-order valence-electron chi connectivity index (χ4n) is 3.51. The van der Waals surface area contributed by atoms with Gasteiger partial charge in [-0.25, -0.2) is 0 Å². The zero-order valence-electron chi connectivity index (χ0n) is 12.6. The molecule has 1 aromatic rings. The maximum absolute atomic E-state index is 3.80. The van der Waals surface area contributed by atoms with Crippen LogP contribution in [-0.2, 0) is 0 Å². The van der Waals surface area contributed by atoms with E-state index >= 15 is 0 Å². The normalized spacial score (nSPS) is 25.2. The minimum atomic E-state index is 0.723. The first-order valence-corrected chi connectivity index (χ1v) is 8.03. The van der Waals surface area contributed by atoms with Gasteiger partial charge in [0.2, 0.25) is 0 Å². The van der Waals surface area contributed by atoms with E-state index in [2.05, 4.69) is 52.5 Å². The van der Waals surface area contributed by atoms with Crippen molar-refractivity contribution in [2.45, 2.75) is 25.3 Å². The van der Waals surface area contributed by atoms with Crippen molar-refractivity contribution in [1.82, 2.24) is 10.2 Å². The van der Waals surface area contributed by atoms with Crippen LogP contribution >= 0.6 is 0 Å². The van der Waals surface area contributed by atoms with Crippen LogP contribution in [0.5, 0.6) is 0 Å². The predicted molar refractivity (Wildman–Crippen MR) is 85.3 cm³/mol. The topological polar surface area (TPSA) is 18.5 Å². The van der Waals surface area contributed by atoms with Crippen LogP contribution in [0.15, 0.2) is 30.3 Å². The van der Waals surface area contributed by atoms with Gasteiger partial charge in [0.25, 0.3) is 0 Å². The lowest BCUT2D eigenvalue weighted by atomic mass is 10.0. The Labute approximate surface area is 123 Å². The summed E-state index contributed by atoms with van der Waals surface area (Å²) in [4.78, 5) is 4.96. The van der Waals surface area contributed by atoms with Crippen molar-refractivity contribution >= 4 is 5.69 Å². The highest BCUT2D eigenvalue weighted by atomic mass is 15.2. The highest BCUT2D eigenvalue weighted by Gasteiger charge is 2.22. The fourth-order valence-corrected chi connectivity index (χ4v) is 3.51. The number of para-hydroxylation sites is 1. The highest BCUT2D eigenvalue weighted by molar-refractivity contribution is 5.46. The van der Waals surface area contributed by atoms with Crippen LogP contribution in [0.25, 0.3) is 0 Å². The second-order valence-electron chi connectivity index (χ2n) is 6.42. The molecule has 3 heteroatoms. The molecular weight excluding hydrogens is 246 g/mol. The van der Waals surface area contributed by atoms with Gasteiger partial charge in [0, 0.05) is 31.4 Å². The van der Waals surface area contributed by atoms with Crippen LogP contribution in [0.3, 0.4) is 0 Å². The van der Waals surface area contributed by atoms with E-state index in [-0.39, 0.29) is 0 Å². The average molecular weight is 273 g/mol. The van der Waals surface area contributed by atoms with Crippen LogP contribution < -0.4 is 10.2 Å². The molecule has 1 unspecified atom stereocenters. The van der Waals surface area contributed by atoms with Crippen LogP contribution in [0.1, 0.15) is 19.3 Å². The van der Waals surface area contributed by atoms with Crippen molar-refractivity contribution in [1.29, 1.82) is 0 Å². The number of likely N-dealkylation sites (tertiary alicyclic amines) is 1. The molecule has 0 amide bonds.